The van der Waals surface area contributed by atoms with Crippen molar-refractivity contribution in [3.05, 3.63) is 0 Å². The fraction of sp³-hybridized carbons (Fsp3) is 0.875. The fourth-order valence-corrected chi connectivity index (χ4v) is 2.75. The molecule has 0 heterocycles. The summed E-state index contributed by atoms with van der Waals surface area (Å²) in [6, 6.07) is 0. The van der Waals surface area contributed by atoms with Crippen molar-refractivity contribution in [2.24, 2.45) is 0 Å². The molecule has 0 aliphatic rings. The van der Waals surface area contributed by atoms with Crippen molar-refractivity contribution >= 4 is 22.1 Å². The summed E-state index contributed by atoms with van der Waals surface area (Å²) in [6.45, 7) is -1.89. The van der Waals surface area contributed by atoms with E-state index in [9.17, 15) is 48.9 Å². The first-order valence-corrected chi connectivity index (χ1v) is 10.8. The summed E-state index contributed by atoms with van der Waals surface area (Å²) in [7, 11) is -5.28. The van der Waals surface area contributed by atoms with Gasteiger partial charge in [0.05, 0.1) is 32.8 Å². The molecule has 0 N–H and O–H groups in total. The molecular formula is C16H23F6NaO9S. The third-order valence-corrected chi connectivity index (χ3v) is 4.64. The second kappa shape index (κ2) is 16.9. The first kappa shape index (κ1) is 34.5. The van der Waals surface area contributed by atoms with E-state index in [1.807, 2.05) is 0 Å². The predicted molar refractivity (Wildman–Crippen MR) is 91.7 cm³/mol. The van der Waals surface area contributed by atoms with Crippen LogP contribution in [0.4, 0.5) is 26.3 Å². The molecule has 0 aromatic carbocycles. The Hall–Kier alpha value is -0.650. The van der Waals surface area contributed by atoms with Gasteiger partial charge in [-0.2, -0.15) is 0 Å². The number of halogens is 6. The molecule has 0 spiro atoms. The SMILES string of the molecule is O=C(CC(C(=O)OCCCCCOC(F)(F)F)S(=O)(=O)[O-])OCCCCCOC(F)(F)F.[Na+]. The van der Waals surface area contributed by atoms with Gasteiger partial charge in [0.25, 0.3) is 0 Å². The standard InChI is InChI=1S/C16H24F6O9S.Na/c17-15(18,19)30-9-5-1-3-7-28-13(23)11-12(32(25,26)27)14(24)29-8-4-2-6-10-31-16(20,21)22;/h12H,1-11H2,(H,25,26,27);/q;+1/p-1. The molecular weight excluding hydrogens is 505 g/mol. The van der Waals surface area contributed by atoms with Crippen LogP contribution in [0, 0.1) is 0 Å². The molecule has 0 aliphatic carbocycles. The molecule has 0 bridgehead atoms. The van der Waals surface area contributed by atoms with Crippen LogP contribution in [0.15, 0.2) is 0 Å². The van der Waals surface area contributed by atoms with Crippen molar-refractivity contribution in [1.82, 2.24) is 0 Å². The van der Waals surface area contributed by atoms with Crippen molar-refractivity contribution in [1.29, 1.82) is 0 Å². The van der Waals surface area contributed by atoms with Crippen LogP contribution in [-0.2, 0) is 38.7 Å². The average molecular weight is 528 g/mol. The van der Waals surface area contributed by atoms with E-state index in [0.717, 1.165) is 0 Å². The molecule has 1 atom stereocenters. The maximum absolute atomic E-state index is 11.8. The largest absolute Gasteiger partial charge is 1.00 e. The zero-order valence-electron chi connectivity index (χ0n) is 17.7. The van der Waals surface area contributed by atoms with Gasteiger partial charge in [-0.05, 0) is 38.5 Å². The van der Waals surface area contributed by atoms with Gasteiger partial charge in [0.15, 0.2) is 5.25 Å². The molecule has 0 saturated carbocycles. The quantitative estimate of drug-likeness (QED) is 0.0879. The van der Waals surface area contributed by atoms with E-state index >= 15 is 0 Å². The van der Waals surface area contributed by atoms with Crippen LogP contribution >= 0.6 is 0 Å². The molecule has 0 amide bonds. The van der Waals surface area contributed by atoms with Crippen LogP contribution in [-0.4, -0.2) is 69.3 Å². The van der Waals surface area contributed by atoms with Gasteiger partial charge in [-0.25, -0.2) is 8.42 Å². The topological polar surface area (TPSA) is 128 Å². The Bertz CT molecular complexity index is 670. The maximum atomic E-state index is 11.8. The van der Waals surface area contributed by atoms with E-state index in [2.05, 4.69) is 18.9 Å². The predicted octanol–water partition coefficient (Wildman–Crippen LogP) is -0.206. The summed E-state index contributed by atoms with van der Waals surface area (Å²) in [5.74, 6) is -2.71. The minimum atomic E-state index is -5.28. The molecule has 0 aromatic rings. The number of alkyl halides is 6. The van der Waals surface area contributed by atoms with E-state index in [1.54, 1.807) is 0 Å². The Morgan fingerprint density at radius 2 is 1.12 bits per heavy atom. The summed E-state index contributed by atoms with van der Waals surface area (Å²) in [5.41, 5.74) is 0. The third-order valence-electron chi connectivity index (χ3n) is 3.58. The van der Waals surface area contributed by atoms with E-state index in [0.29, 0.717) is 0 Å². The molecule has 9 nitrogen and oxygen atoms in total. The monoisotopic (exact) mass is 528 g/mol. The Morgan fingerprint density at radius 1 is 0.727 bits per heavy atom. The number of hydrogen-bond acceptors (Lipinski definition) is 9. The number of esters is 2. The molecule has 0 saturated heterocycles. The molecule has 17 heteroatoms. The normalized spacial score (nSPS) is 13.2. The molecule has 0 fully saturated rings. The smallest absolute Gasteiger partial charge is 0.747 e. The van der Waals surface area contributed by atoms with E-state index in [4.69, 9.17) is 0 Å². The summed E-state index contributed by atoms with van der Waals surface area (Å²) in [5, 5.41) is -2.37. The van der Waals surface area contributed by atoms with Crippen LogP contribution in [0.5, 0.6) is 0 Å². The molecule has 190 valence electrons. The van der Waals surface area contributed by atoms with Crippen molar-refractivity contribution in [2.45, 2.75) is 62.9 Å². The number of carbonyl (C=O) groups excluding carboxylic acids is 2. The minimum Gasteiger partial charge on any atom is -0.747 e. The van der Waals surface area contributed by atoms with Crippen LogP contribution < -0.4 is 29.6 Å². The summed E-state index contributed by atoms with van der Waals surface area (Å²) < 4.78 is 121. The average Bonchev–Trinajstić information content (AvgIpc) is 2.61. The molecule has 0 aromatic heterocycles. The van der Waals surface area contributed by atoms with E-state index < -0.39 is 66.3 Å². The number of unbranched alkanes of at least 4 members (excludes halogenated alkanes) is 4. The third kappa shape index (κ3) is 21.6. The van der Waals surface area contributed by atoms with Gasteiger partial charge in [-0.1, -0.05) is 0 Å². The van der Waals surface area contributed by atoms with Gasteiger partial charge in [0, 0.05) is 0 Å². The van der Waals surface area contributed by atoms with Crippen LogP contribution in [0.25, 0.3) is 0 Å². The first-order valence-electron chi connectivity index (χ1n) is 9.30. The molecule has 0 aliphatic heterocycles. The molecule has 0 rings (SSSR count). The van der Waals surface area contributed by atoms with Gasteiger partial charge >= 0.3 is 54.2 Å². The Kier molecular flexibility index (Phi) is 17.7. The molecule has 0 radical (unpaired) electrons. The van der Waals surface area contributed by atoms with Gasteiger partial charge in [-0.3, -0.25) is 19.1 Å². The summed E-state index contributed by atoms with van der Waals surface area (Å²) in [4.78, 5) is 23.4. The first-order chi connectivity index (χ1) is 14.6. The van der Waals surface area contributed by atoms with E-state index in [1.165, 1.54) is 0 Å². The van der Waals surface area contributed by atoms with Crippen molar-refractivity contribution < 1.29 is 97.4 Å². The van der Waals surface area contributed by atoms with Crippen molar-refractivity contribution in [2.75, 3.05) is 26.4 Å². The molecule has 1 unspecified atom stereocenters. The van der Waals surface area contributed by atoms with Gasteiger partial charge in [-0.15, -0.1) is 26.3 Å². The van der Waals surface area contributed by atoms with Crippen LogP contribution in [0.2, 0.25) is 0 Å². The fourth-order valence-electron chi connectivity index (χ4n) is 2.10. The maximum Gasteiger partial charge on any atom is 1.00 e. The number of hydrogen-bond donors (Lipinski definition) is 0. The summed E-state index contributed by atoms with van der Waals surface area (Å²) in [6.07, 6.45) is -10.1. The van der Waals surface area contributed by atoms with E-state index in [-0.39, 0.29) is 74.7 Å². The van der Waals surface area contributed by atoms with Crippen LogP contribution in [0.1, 0.15) is 44.9 Å². The minimum absolute atomic E-state index is 0. The Labute approximate surface area is 208 Å². The Balaban J connectivity index is 0. The zero-order chi connectivity index (χ0) is 24.8. The molecule has 33 heavy (non-hydrogen) atoms. The number of rotatable bonds is 16. The van der Waals surface area contributed by atoms with Crippen molar-refractivity contribution in [3.63, 3.8) is 0 Å². The zero-order valence-corrected chi connectivity index (χ0v) is 20.5. The summed E-state index contributed by atoms with van der Waals surface area (Å²) >= 11 is 0. The number of carbonyl (C=O) groups is 2. The Morgan fingerprint density at radius 3 is 1.52 bits per heavy atom. The number of ether oxygens (including phenoxy) is 4. The van der Waals surface area contributed by atoms with Gasteiger partial charge in [0.2, 0.25) is 0 Å². The van der Waals surface area contributed by atoms with Crippen molar-refractivity contribution in [3.8, 4) is 0 Å². The second-order valence-electron chi connectivity index (χ2n) is 6.28. The second-order valence-corrected chi connectivity index (χ2v) is 7.84. The van der Waals surface area contributed by atoms with Gasteiger partial charge in [0.1, 0.15) is 10.1 Å². The van der Waals surface area contributed by atoms with Gasteiger partial charge < -0.3 is 14.0 Å². The van der Waals surface area contributed by atoms with Crippen LogP contribution in [0.3, 0.4) is 0 Å².